The quantitative estimate of drug-likeness (QED) is 0.649. The van der Waals surface area contributed by atoms with E-state index in [2.05, 4.69) is 24.1 Å². The van der Waals surface area contributed by atoms with E-state index in [1.807, 2.05) is 0 Å². The van der Waals surface area contributed by atoms with Crippen molar-refractivity contribution in [2.75, 3.05) is 0 Å². The second-order valence-electron chi connectivity index (χ2n) is 7.18. The molecule has 1 aliphatic rings. The molecule has 0 aliphatic heterocycles. The largest absolute Gasteiger partial charge is 0.449 e. The van der Waals surface area contributed by atoms with E-state index in [-0.39, 0.29) is 22.7 Å². The normalized spacial score (nSPS) is 24.5. The van der Waals surface area contributed by atoms with Gasteiger partial charge in [0.2, 0.25) is 0 Å². The van der Waals surface area contributed by atoms with E-state index in [0.29, 0.717) is 17.4 Å². The Labute approximate surface area is 154 Å². The van der Waals surface area contributed by atoms with Gasteiger partial charge in [-0.3, -0.25) is 4.79 Å². The molecule has 0 saturated heterocycles. The summed E-state index contributed by atoms with van der Waals surface area (Å²) in [5.74, 6) is 0.103. The van der Waals surface area contributed by atoms with Crippen molar-refractivity contribution in [2.24, 2.45) is 11.8 Å². The third kappa shape index (κ3) is 4.72. The predicted octanol–water partition coefficient (Wildman–Crippen LogP) is 3.84. The van der Waals surface area contributed by atoms with Gasteiger partial charge in [0.1, 0.15) is 5.15 Å². The van der Waals surface area contributed by atoms with Crippen LogP contribution in [0.2, 0.25) is 5.15 Å². The van der Waals surface area contributed by atoms with E-state index in [1.54, 1.807) is 26.8 Å². The third-order valence-electron chi connectivity index (χ3n) is 5.19. The van der Waals surface area contributed by atoms with E-state index in [0.717, 1.165) is 18.5 Å². The second kappa shape index (κ2) is 8.17. The zero-order valence-corrected chi connectivity index (χ0v) is 16.3. The maximum absolute atomic E-state index is 12.4. The molecule has 0 aromatic carbocycles. The van der Waals surface area contributed by atoms with E-state index in [4.69, 9.17) is 16.3 Å². The van der Waals surface area contributed by atoms with E-state index in [9.17, 15) is 9.59 Å². The molecular formula is C19H27ClN2O3. The van der Waals surface area contributed by atoms with Crippen LogP contribution in [0, 0.1) is 25.7 Å². The molecule has 4 atom stereocenters. The number of hydrogen-bond donors (Lipinski definition) is 1. The minimum atomic E-state index is -0.881. The molecule has 0 unspecified atom stereocenters. The number of aromatic nitrogens is 1. The number of rotatable bonds is 4. The van der Waals surface area contributed by atoms with Crippen LogP contribution in [-0.2, 0) is 9.53 Å². The monoisotopic (exact) mass is 366 g/mol. The lowest BCUT2D eigenvalue weighted by Gasteiger charge is -2.35. The average molecular weight is 367 g/mol. The smallest absolute Gasteiger partial charge is 0.342 e. The van der Waals surface area contributed by atoms with Crippen molar-refractivity contribution in [1.29, 1.82) is 0 Å². The summed E-state index contributed by atoms with van der Waals surface area (Å²) in [5, 5.41) is 3.13. The molecule has 5 nitrogen and oxygen atoms in total. The topological polar surface area (TPSA) is 68.3 Å². The maximum atomic E-state index is 12.4. The number of esters is 1. The Morgan fingerprint density at radius 1 is 1.32 bits per heavy atom. The van der Waals surface area contributed by atoms with E-state index >= 15 is 0 Å². The first-order chi connectivity index (χ1) is 11.7. The van der Waals surface area contributed by atoms with Gasteiger partial charge in [-0.2, -0.15) is 0 Å². The van der Waals surface area contributed by atoms with Gasteiger partial charge in [0, 0.05) is 11.7 Å². The van der Waals surface area contributed by atoms with Crippen LogP contribution in [0.1, 0.15) is 61.6 Å². The molecule has 1 heterocycles. The van der Waals surface area contributed by atoms with E-state index in [1.165, 1.54) is 6.42 Å². The Hall–Kier alpha value is -1.62. The van der Waals surface area contributed by atoms with Gasteiger partial charge in [0.25, 0.3) is 5.91 Å². The van der Waals surface area contributed by atoms with Gasteiger partial charge in [-0.1, -0.05) is 38.3 Å². The summed E-state index contributed by atoms with van der Waals surface area (Å²) in [4.78, 5) is 28.9. The number of amides is 1. The van der Waals surface area contributed by atoms with Crippen molar-refractivity contribution in [2.45, 2.75) is 66.0 Å². The van der Waals surface area contributed by atoms with Gasteiger partial charge in [0.15, 0.2) is 6.10 Å². The van der Waals surface area contributed by atoms with Crippen molar-refractivity contribution in [3.05, 3.63) is 28.0 Å². The number of nitrogens with zero attached hydrogens (tertiary/aromatic N) is 1. The summed E-state index contributed by atoms with van der Waals surface area (Å²) in [6.45, 7) is 9.52. The summed E-state index contributed by atoms with van der Waals surface area (Å²) in [7, 11) is 0. The van der Waals surface area contributed by atoms with Gasteiger partial charge < -0.3 is 10.1 Å². The van der Waals surface area contributed by atoms with Crippen LogP contribution < -0.4 is 5.32 Å². The van der Waals surface area contributed by atoms with Gasteiger partial charge in [0.05, 0.1) is 5.56 Å². The van der Waals surface area contributed by atoms with Crippen molar-refractivity contribution in [1.82, 2.24) is 10.3 Å². The Balaban J connectivity index is 2.00. The fraction of sp³-hybridized carbons (Fsp3) is 0.632. The molecule has 1 amide bonds. The highest BCUT2D eigenvalue weighted by Gasteiger charge is 2.30. The number of halogens is 1. The predicted molar refractivity (Wildman–Crippen MR) is 97.7 cm³/mol. The van der Waals surface area contributed by atoms with Crippen LogP contribution >= 0.6 is 11.6 Å². The zero-order valence-electron chi connectivity index (χ0n) is 15.6. The first-order valence-corrected chi connectivity index (χ1v) is 9.23. The van der Waals surface area contributed by atoms with Crippen LogP contribution in [0.3, 0.4) is 0 Å². The first kappa shape index (κ1) is 19.7. The van der Waals surface area contributed by atoms with Crippen molar-refractivity contribution >= 4 is 23.5 Å². The number of nitrogens with one attached hydrogen (secondary N) is 1. The van der Waals surface area contributed by atoms with Gasteiger partial charge >= 0.3 is 5.97 Å². The summed E-state index contributed by atoms with van der Waals surface area (Å²) < 4.78 is 5.33. The van der Waals surface area contributed by atoms with Gasteiger partial charge in [-0.05, 0) is 50.7 Å². The fourth-order valence-corrected chi connectivity index (χ4v) is 3.75. The molecule has 0 spiro atoms. The second-order valence-corrected chi connectivity index (χ2v) is 7.53. The molecule has 25 heavy (non-hydrogen) atoms. The van der Waals surface area contributed by atoms with Crippen molar-refractivity contribution < 1.29 is 14.3 Å². The van der Waals surface area contributed by atoms with Crippen LogP contribution in [0.15, 0.2) is 6.07 Å². The zero-order chi connectivity index (χ0) is 18.7. The van der Waals surface area contributed by atoms with Gasteiger partial charge in [-0.15, -0.1) is 0 Å². The number of carbonyl (C=O) groups is 2. The molecule has 6 heteroatoms. The van der Waals surface area contributed by atoms with Crippen molar-refractivity contribution in [3.63, 3.8) is 0 Å². The highest BCUT2D eigenvalue weighted by atomic mass is 35.5. The van der Waals surface area contributed by atoms with Crippen molar-refractivity contribution in [3.8, 4) is 0 Å². The number of carbonyl (C=O) groups excluding carboxylic acids is 2. The van der Waals surface area contributed by atoms with Crippen LogP contribution in [0.25, 0.3) is 0 Å². The SMILES string of the molecule is Cc1cc(C)c(C(=O)O[C@H](C)C(=O)N[C@H]2CCC[C@H](C)[C@H]2C)c(Cl)n1. The van der Waals surface area contributed by atoms with Crippen LogP contribution in [0.5, 0.6) is 0 Å². The number of hydrogen-bond acceptors (Lipinski definition) is 4. The Morgan fingerprint density at radius 2 is 2.00 bits per heavy atom. The summed E-state index contributed by atoms with van der Waals surface area (Å²) in [5.41, 5.74) is 1.63. The molecular weight excluding hydrogens is 340 g/mol. The summed E-state index contributed by atoms with van der Waals surface area (Å²) in [6.07, 6.45) is 2.38. The standard InChI is InChI=1S/C19H27ClN2O3/c1-10-7-6-8-15(13(10)4)22-18(23)14(5)25-19(24)16-11(2)9-12(3)21-17(16)20/h9-10,13-15H,6-8H2,1-5H3,(H,22,23)/t10-,13+,14+,15-/m0/s1. The molecule has 1 aromatic rings. The Kier molecular flexibility index (Phi) is 6.44. The molecule has 0 radical (unpaired) electrons. The van der Waals surface area contributed by atoms with Crippen LogP contribution in [-0.4, -0.2) is 29.0 Å². The lowest BCUT2D eigenvalue weighted by atomic mass is 9.78. The van der Waals surface area contributed by atoms with Crippen LogP contribution in [0.4, 0.5) is 0 Å². The molecule has 138 valence electrons. The summed E-state index contributed by atoms with van der Waals surface area (Å²) >= 11 is 6.07. The van der Waals surface area contributed by atoms with E-state index < -0.39 is 12.1 Å². The Bertz CT molecular complexity index is 639. The Morgan fingerprint density at radius 3 is 2.64 bits per heavy atom. The molecule has 1 saturated carbocycles. The number of aryl methyl sites for hydroxylation is 2. The maximum Gasteiger partial charge on any atom is 0.342 e. The lowest BCUT2D eigenvalue weighted by molar-refractivity contribution is -0.130. The average Bonchev–Trinajstić information content (AvgIpc) is 2.50. The highest BCUT2D eigenvalue weighted by molar-refractivity contribution is 6.32. The third-order valence-corrected chi connectivity index (χ3v) is 5.47. The molecule has 0 bridgehead atoms. The molecule has 1 aromatic heterocycles. The minimum Gasteiger partial charge on any atom is -0.449 e. The minimum absolute atomic E-state index is 0.102. The molecule has 1 aliphatic carbocycles. The summed E-state index contributed by atoms with van der Waals surface area (Å²) in [6, 6.07) is 1.89. The van der Waals surface area contributed by atoms with Gasteiger partial charge in [-0.25, -0.2) is 9.78 Å². The number of ether oxygens (including phenoxy) is 1. The molecule has 1 fully saturated rings. The molecule has 2 rings (SSSR count). The number of pyridine rings is 1. The highest BCUT2D eigenvalue weighted by Crippen LogP contribution is 2.29. The first-order valence-electron chi connectivity index (χ1n) is 8.85. The fourth-order valence-electron chi connectivity index (χ4n) is 3.40. The molecule has 1 N–H and O–H groups in total. The lowest BCUT2D eigenvalue weighted by Crippen LogP contribution is -2.47.